The van der Waals surface area contributed by atoms with Gasteiger partial charge in [0.25, 0.3) is 0 Å². The summed E-state index contributed by atoms with van der Waals surface area (Å²) < 4.78 is 36.6. The molecule has 3 rings (SSSR count). The Kier molecular flexibility index (Phi) is 5.89. The molecule has 0 fully saturated rings. The van der Waals surface area contributed by atoms with Crippen molar-refractivity contribution >= 4 is 16.0 Å². The van der Waals surface area contributed by atoms with Crippen LogP contribution in [0.3, 0.4) is 0 Å². The summed E-state index contributed by atoms with van der Waals surface area (Å²) in [6.45, 7) is -0.187. The van der Waals surface area contributed by atoms with Crippen molar-refractivity contribution in [2.75, 3.05) is 6.54 Å². The quantitative estimate of drug-likeness (QED) is 0.487. The van der Waals surface area contributed by atoms with Gasteiger partial charge in [0.05, 0.1) is 17.0 Å². The molecular formula is C20H16N2O5S. The van der Waals surface area contributed by atoms with E-state index in [1.165, 1.54) is 24.3 Å². The van der Waals surface area contributed by atoms with Crippen molar-refractivity contribution in [3.05, 3.63) is 71.9 Å². The third-order valence-corrected chi connectivity index (χ3v) is 5.15. The number of esters is 1. The van der Waals surface area contributed by atoms with Gasteiger partial charge in [0.15, 0.2) is 5.76 Å². The van der Waals surface area contributed by atoms with Gasteiger partial charge in [0.2, 0.25) is 10.0 Å². The van der Waals surface area contributed by atoms with Crippen molar-refractivity contribution in [2.24, 2.45) is 0 Å². The van der Waals surface area contributed by atoms with Crippen LogP contribution < -0.4 is 4.72 Å². The summed E-state index contributed by atoms with van der Waals surface area (Å²) in [6, 6.07) is 16.4. The molecule has 0 spiro atoms. The lowest BCUT2D eigenvalue weighted by atomic mass is 10.2. The van der Waals surface area contributed by atoms with Gasteiger partial charge in [-0.05, 0) is 24.3 Å². The molecule has 0 aliphatic rings. The molecule has 0 aliphatic carbocycles. The van der Waals surface area contributed by atoms with Crippen LogP contribution in [0.15, 0.2) is 70.1 Å². The lowest BCUT2D eigenvalue weighted by molar-refractivity contribution is 0.0464. The fourth-order valence-electron chi connectivity index (χ4n) is 2.33. The summed E-state index contributed by atoms with van der Waals surface area (Å²) in [6.07, 6.45) is 5.04. The topological polar surface area (TPSA) is 98.5 Å². The van der Waals surface area contributed by atoms with E-state index in [1.807, 2.05) is 30.3 Å². The van der Waals surface area contributed by atoms with E-state index in [0.717, 1.165) is 5.56 Å². The number of hydrogen-bond donors (Lipinski definition) is 1. The van der Waals surface area contributed by atoms with Crippen LogP contribution in [0, 0.1) is 12.3 Å². The predicted octanol–water partition coefficient (Wildman–Crippen LogP) is 2.61. The lowest BCUT2D eigenvalue weighted by Crippen LogP contribution is -2.23. The molecule has 2 aromatic carbocycles. The highest BCUT2D eigenvalue weighted by molar-refractivity contribution is 7.89. The standard InChI is InChI=1S/C20H16N2O5S/c1-2-12-21-28(24,25)18-10-8-16(9-11-18)20(23)26-14-17-13-19(27-22-17)15-6-4-3-5-7-15/h1,3-11,13,21H,12,14H2. The van der Waals surface area contributed by atoms with Crippen LogP contribution in [0.25, 0.3) is 11.3 Å². The Morgan fingerprint density at radius 1 is 1.14 bits per heavy atom. The van der Waals surface area contributed by atoms with Crippen LogP contribution >= 0.6 is 0 Å². The molecule has 0 bridgehead atoms. The lowest BCUT2D eigenvalue weighted by Gasteiger charge is -2.06. The number of ether oxygens (including phenoxy) is 1. The smallest absolute Gasteiger partial charge is 0.338 e. The minimum atomic E-state index is -3.71. The van der Waals surface area contributed by atoms with Crippen LogP contribution in [0.1, 0.15) is 16.1 Å². The van der Waals surface area contributed by atoms with E-state index >= 15 is 0 Å². The molecule has 1 heterocycles. The highest BCUT2D eigenvalue weighted by Crippen LogP contribution is 2.20. The molecule has 1 aromatic heterocycles. The zero-order valence-electron chi connectivity index (χ0n) is 14.7. The second kappa shape index (κ2) is 8.52. The van der Waals surface area contributed by atoms with Gasteiger partial charge in [-0.25, -0.2) is 13.2 Å². The summed E-state index contributed by atoms with van der Waals surface area (Å²) in [5.74, 6) is 2.15. The summed E-state index contributed by atoms with van der Waals surface area (Å²) in [7, 11) is -3.71. The van der Waals surface area contributed by atoms with Gasteiger partial charge in [-0.1, -0.05) is 41.4 Å². The van der Waals surface area contributed by atoms with E-state index < -0.39 is 16.0 Å². The average molecular weight is 396 g/mol. The van der Waals surface area contributed by atoms with Crippen LogP contribution in [-0.2, 0) is 21.4 Å². The maximum absolute atomic E-state index is 12.2. The summed E-state index contributed by atoms with van der Waals surface area (Å²) in [4.78, 5) is 12.2. The normalized spacial score (nSPS) is 11.0. The summed E-state index contributed by atoms with van der Waals surface area (Å²) in [5, 5.41) is 3.88. The zero-order valence-corrected chi connectivity index (χ0v) is 15.5. The largest absolute Gasteiger partial charge is 0.455 e. The Hall–Kier alpha value is -3.41. The number of nitrogens with one attached hydrogen (secondary N) is 1. The number of sulfonamides is 1. The number of rotatable bonds is 7. The molecule has 8 heteroatoms. The number of terminal acetylenes is 1. The Bertz CT molecular complexity index is 1100. The van der Waals surface area contributed by atoms with Crippen molar-refractivity contribution < 1.29 is 22.5 Å². The molecule has 0 radical (unpaired) electrons. The van der Waals surface area contributed by atoms with Crippen LogP contribution in [-0.4, -0.2) is 26.1 Å². The minimum absolute atomic E-state index is 0.00306. The summed E-state index contributed by atoms with van der Waals surface area (Å²) in [5.41, 5.74) is 1.54. The Labute approximate surface area is 162 Å². The van der Waals surface area contributed by atoms with Crippen molar-refractivity contribution in [1.29, 1.82) is 0 Å². The fourth-order valence-corrected chi connectivity index (χ4v) is 3.27. The first-order chi connectivity index (χ1) is 13.5. The molecule has 1 N–H and O–H groups in total. The van der Waals surface area contributed by atoms with Gasteiger partial charge in [-0.2, -0.15) is 4.72 Å². The SMILES string of the molecule is C#CCNS(=O)(=O)c1ccc(C(=O)OCc2cc(-c3ccccc3)on2)cc1. The highest BCUT2D eigenvalue weighted by atomic mass is 32.2. The van der Waals surface area contributed by atoms with E-state index in [4.69, 9.17) is 15.7 Å². The predicted molar refractivity (Wildman–Crippen MR) is 102 cm³/mol. The minimum Gasteiger partial charge on any atom is -0.455 e. The monoisotopic (exact) mass is 396 g/mol. The van der Waals surface area contributed by atoms with E-state index in [1.54, 1.807) is 6.07 Å². The van der Waals surface area contributed by atoms with Gasteiger partial charge in [0, 0.05) is 11.6 Å². The van der Waals surface area contributed by atoms with Gasteiger partial charge < -0.3 is 9.26 Å². The number of nitrogens with zero attached hydrogens (tertiary/aromatic N) is 1. The molecule has 0 aliphatic heterocycles. The molecule has 0 atom stereocenters. The average Bonchev–Trinajstić information content (AvgIpc) is 3.20. The van der Waals surface area contributed by atoms with Gasteiger partial charge in [-0.15, -0.1) is 6.42 Å². The molecule has 0 saturated heterocycles. The van der Waals surface area contributed by atoms with E-state index in [0.29, 0.717) is 11.5 Å². The van der Waals surface area contributed by atoms with Gasteiger partial charge in [-0.3, -0.25) is 0 Å². The van der Waals surface area contributed by atoms with E-state index in [9.17, 15) is 13.2 Å². The number of carbonyl (C=O) groups is 1. The molecule has 142 valence electrons. The van der Waals surface area contributed by atoms with Gasteiger partial charge in [0.1, 0.15) is 12.3 Å². The van der Waals surface area contributed by atoms with Crippen molar-refractivity contribution in [3.8, 4) is 23.7 Å². The van der Waals surface area contributed by atoms with Gasteiger partial charge >= 0.3 is 5.97 Å². The maximum Gasteiger partial charge on any atom is 0.338 e. The molecule has 0 saturated carbocycles. The second-order valence-electron chi connectivity index (χ2n) is 5.68. The summed E-state index contributed by atoms with van der Waals surface area (Å²) >= 11 is 0. The molecule has 3 aromatic rings. The third-order valence-electron chi connectivity index (χ3n) is 3.73. The number of hydrogen-bond acceptors (Lipinski definition) is 6. The molecular weight excluding hydrogens is 380 g/mol. The third kappa shape index (κ3) is 4.65. The highest BCUT2D eigenvalue weighted by Gasteiger charge is 2.15. The van der Waals surface area contributed by atoms with Crippen molar-refractivity contribution in [2.45, 2.75) is 11.5 Å². The van der Waals surface area contributed by atoms with Crippen LogP contribution in [0.4, 0.5) is 0 Å². The Morgan fingerprint density at radius 3 is 2.54 bits per heavy atom. The van der Waals surface area contributed by atoms with Crippen LogP contribution in [0.5, 0.6) is 0 Å². The second-order valence-corrected chi connectivity index (χ2v) is 7.44. The van der Waals surface area contributed by atoms with Crippen LogP contribution in [0.2, 0.25) is 0 Å². The molecule has 7 nitrogen and oxygen atoms in total. The number of aromatic nitrogens is 1. The van der Waals surface area contributed by atoms with E-state index in [2.05, 4.69) is 15.8 Å². The van der Waals surface area contributed by atoms with Crippen molar-refractivity contribution in [1.82, 2.24) is 9.88 Å². The van der Waals surface area contributed by atoms with Crippen molar-refractivity contribution in [3.63, 3.8) is 0 Å². The number of benzene rings is 2. The van der Waals surface area contributed by atoms with E-state index in [-0.39, 0.29) is 23.6 Å². The maximum atomic E-state index is 12.2. The molecule has 28 heavy (non-hydrogen) atoms. The zero-order chi connectivity index (χ0) is 20.0. The first kappa shape index (κ1) is 19.4. The molecule has 0 unspecified atom stereocenters. The first-order valence-electron chi connectivity index (χ1n) is 8.21. The first-order valence-corrected chi connectivity index (χ1v) is 9.69. The Morgan fingerprint density at radius 2 is 1.86 bits per heavy atom. The molecule has 0 amide bonds. The fraction of sp³-hybridized carbons (Fsp3) is 0.100. The number of carbonyl (C=O) groups excluding carboxylic acids is 1. The Balaban J connectivity index is 1.61.